The van der Waals surface area contributed by atoms with Crippen LogP contribution in [0.3, 0.4) is 0 Å². The van der Waals surface area contributed by atoms with E-state index in [0.717, 1.165) is 0 Å². The molecule has 0 saturated carbocycles. The lowest BCUT2D eigenvalue weighted by atomic mass is 9.79. The molecule has 220 valence electrons. The van der Waals surface area contributed by atoms with Crippen LogP contribution >= 0.6 is 0 Å². The zero-order valence-electron chi connectivity index (χ0n) is 23.5. The van der Waals surface area contributed by atoms with Gasteiger partial charge in [0.15, 0.2) is 22.9 Å². The Bertz CT molecular complexity index is 1810. The highest BCUT2D eigenvalue weighted by Gasteiger charge is 2.39. The summed E-state index contributed by atoms with van der Waals surface area (Å²) < 4.78 is 22.6. The predicted octanol–water partition coefficient (Wildman–Crippen LogP) is 7.39. The lowest BCUT2D eigenvalue weighted by molar-refractivity contribution is -0.386. The molecule has 3 aromatic carbocycles. The Kier molecular flexibility index (Phi) is 7.46. The molecule has 0 radical (unpaired) electrons. The second-order valence-corrected chi connectivity index (χ2v) is 9.97. The Morgan fingerprint density at radius 1 is 0.727 bits per heavy atom. The van der Waals surface area contributed by atoms with Crippen LogP contribution in [0, 0.1) is 34.1 Å². The fourth-order valence-corrected chi connectivity index (χ4v) is 5.18. The molecule has 0 bridgehead atoms. The van der Waals surface area contributed by atoms with Gasteiger partial charge >= 0.3 is 11.4 Å². The van der Waals surface area contributed by atoms with Crippen molar-refractivity contribution in [3.8, 4) is 11.5 Å². The number of hydrogen-bond donors (Lipinski definition) is 0. The second kappa shape index (κ2) is 11.7. The van der Waals surface area contributed by atoms with Gasteiger partial charge in [-0.3, -0.25) is 20.2 Å². The summed E-state index contributed by atoms with van der Waals surface area (Å²) in [5, 5.41) is 32.6. The van der Waals surface area contributed by atoms with Crippen molar-refractivity contribution in [1.29, 1.82) is 0 Å². The molecule has 12 nitrogen and oxygen atoms in total. The maximum absolute atomic E-state index is 12.4. The molecule has 0 saturated heterocycles. The van der Waals surface area contributed by atoms with Gasteiger partial charge in [0.2, 0.25) is 18.3 Å². The molecular weight excluding hydrogens is 568 g/mol. The fourth-order valence-electron chi connectivity index (χ4n) is 5.18. The van der Waals surface area contributed by atoms with Gasteiger partial charge in [0.05, 0.1) is 9.85 Å². The van der Waals surface area contributed by atoms with Gasteiger partial charge in [0, 0.05) is 17.1 Å². The molecule has 0 amide bonds. The van der Waals surface area contributed by atoms with Crippen molar-refractivity contribution in [3.05, 3.63) is 139 Å². The van der Waals surface area contributed by atoms with E-state index in [4.69, 9.17) is 18.5 Å². The first-order valence-corrected chi connectivity index (χ1v) is 13.5. The van der Waals surface area contributed by atoms with Gasteiger partial charge in [-0.15, -0.1) is 0 Å². The largest absolute Gasteiger partial charge is 0.454 e. The minimum Gasteiger partial charge on any atom is -0.454 e. The highest BCUT2D eigenvalue weighted by molar-refractivity contribution is 6.00. The van der Waals surface area contributed by atoms with Crippen molar-refractivity contribution in [2.75, 3.05) is 6.79 Å². The Morgan fingerprint density at radius 3 is 1.68 bits per heavy atom. The van der Waals surface area contributed by atoms with Gasteiger partial charge in [-0.2, -0.15) is 0 Å². The van der Waals surface area contributed by atoms with Crippen molar-refractivity contribution in [1.82, 2.24) is 10.3 Å². The number of aromatic nitrogens is 2. The summed E-state index contributed by atoms with van der Waals surface area (Å²) in [7, 11) is 0. The summed E-state index contributed by atoms with van der Waals surface area (Å²) in [5.74, 6) is -0.231. The number of ether oxygens (including phenoxy) is 2. The summed E-state index contributed by atoms with van der Waals surface area (Å²) in [6.45, 7) is 2.97. The van der Waals surface area contributed by atoms with Crippen molar-refractivity contribution < 1.29 is 28.4 Å². The number of nitrogens with zero attached hydrogens (tertiary/aromatic N) is 4. The Labute approximate surface area is 250 Å². The van der Waals surface area contributed by atoms with Crippen LogP contribution in [0.5, 0.6) is 11.5 Å². The number of rotatable bonds is 9. The van der Waals surface area contributed by atoms with Gasteiger partial charge in [-0.25, -0.2) is 0 Å². The van der Waals surface area contributed by atoms with E-state index in [1.165, 1.54) is 13.8 Å². The summed E-state index contributed by atoms with van der Waals surface area (Å²) in [6.07, 6.45) is 3.46. The lowest BCUT2D eigenvalue weighted by Gasteiger charge is -2.22. The predicted molar refractivity (Wildman–Crippen MR) is 160 cm³/mol. The molecule has 0 spiro atoms. The molecule has 2 aromatic heterocycles. The zero-order chi connectivity index (χ0) is 30.8. The van der Waals surface area contributed by atoms with Crippen molar-refractivity contribution in [3.63, 3.8) is 0 Å². The summed E-state index contributed by atoms with van der Waals surface area (Å²) in [6, 6.07) is 23.5. The number of nitro groups is 2. The number of hydrogen-bond acceptors (Lipinski definition) is 10. The molecule has 0 N–H and O–H groups in total. The second-order valence-electron chi connectivity index (χ2n) is 9.97. The Hall–Kier alpha value is -6.04. The van der Waals surface area contributed by atoms with Crippen LogP contribution in [0.15, 0.2) is 87.9 Å². The summed E-state index contributed by atoms with van der Waals surface area (Å²) in [5.41, 5.74) is 2.02. The van der Waals surface area contributed by atoms with E-state index >= 15 is 0 Å². The number of benzene rings is 3. The molecule has 0 aliphatic carbocycles. The highest BCUT2D eigenvalue weighted by Crippen LogP contribution is 2.50. The molecular formula is C32H24N4O8. The quantitative estimate of drug-likeness (QED) is 0.125. The number of fused-ring (bicyclic) bond motifs is 1. The normalized spacial score (nSPS) is 13.6. The average molecular weight is 593 g/mol. The molecule has 44 heavy (non-hydrogen) atoms. The minimum atomic E-state index is -0.956. The Balaban J connectivity index is 1.73. The van der Waals surface area contributed by atoms with Crippen LogP contribution < -0.4 is 9.47 Å². The average Bonchev–Trinajstić information content (AvgIpc) is 3.75. The van der Waals surface area contributed by atoms with E-state index in [0.29, 0.717) is 39.3 Å². The SMILES string of the molecule is Cc1noc(/C(=C\c2ccccc2)C(/C(=C/c2ccccc2)c2onc(C)c2[N+](=O)[O-])c2ccc3c(c2)OCO3)c1[N+](=O)[O-]. The van der Waals surface area contributed by atoms with Gasteiger partial charge in [0.1, 0.15) is 0 Å². The summed E-state index contributed by atoms with van der Waals surface area (Å²) in [4.78, 5) is 23.6. The van der Waals surface area contributed by atoms with Crippen molar-refractivity contribution in [2.45, 2.75) is 19.8 Å². The van der Waals surface area contributed by atoms with Crippen molar-refractivity contribution >= 4 is 34.7 Å². The van der Waals surface area contributed by atoms with Gasteiger partial charge in [-0.05, 0) is 54.8 Å². The van der Waals surface area contributed by atoms with Gasteiger partial charge < -0.3 is 18.5 Å². The van der Waals surface area contributed by atoms with E-state index in [-0.39, 0.29) is 41.1 Å². The lowest BCUT2D eigenvalue weighted by Crippen LogP contribution is -2.08. The van der Waals surface area contributed by atoms with Crippen LogP contribution in [0.25, 0.3) is 23.3 Å². The molecule has 1 aliphatic heterocycles. The van der Waals surface area contributed by atoms with E-state index in [1.54, 1.807) is 30.4 Å². The molecule has 12 heteroatoms. The van der Waals surface area contributed by atoms with E-state index in [2.05, 4.69) is 10.3 Å². The van der Waals surface area contributed by atoms with Crippen LogP contribution in [0.1, 0.15) is 45.5 Å². The Morgan fingerprint density at radius 2 is 1.20 bits per heavy atom. The first-order valence-electron chi connectivity index (χ1n) is 13.5. The molecule has 3 heterocycles. The van der Waals surface area contributed by atoms with Crippen molar-refractivity contribution in [2.24, 2.45) is 0 Å². The first-order chi connectivity index (χ1) is 21.3. The third-order valence-corrected chi connectivity index (χ3v) is 7.15. The standard InChI is InChI=1S/C32H24N4O8/c1-19-29(35(37)38)31(43-33-19)24(15-21-9-5-3-6-10-21)28(23-13-14-26-27(17-23)42-18-41-26)25(16-22-11-7-4-8-12-22)32-30(36(39)40)20(2)34-44-32/h3-17,28H,18H2,1-2H3/b24-15-,25-16-. The molecule has 1 aliphatic rings. The molecule has 0 atom stereocenters. The maximum atomic E-state index is 12.4. The van der Waals surface area contributed by atoms with E-state index in [1.807, 2.05) is 60.7 Å². The monoisotopic (exact) mass is 592 g/mol. The minimum absolute atomic E-state index is 0.0163. The third-order valence-electron chi connectivity index (χ3n) is 7.15. The molecule has 6 rings (SSSR count). The van der Waals surface area contributed by atoms with Crippen LogP contribution in [-0.4, -0.2) is 27.0 Å². The third kappa shape index (κ3) is 5.31. The van der Waals surface area contributed by atoms with E-state index < -0.39 is 15.8 Å². The number of allylic oxidation sites excluding steroid dienone is 2. The highest BCUT2D eigenvalue weighted by atomic mass is 16.7. The number of aryl methyl sites for hydroxylation is 2. The van der Waals surface area contributed by atoms with E-state index in [9.17, 15) is 20.2 Å². The molecule has 5 aromatic rings. The van der Waals surface area contributed by atoms with Gasteiger partial charge in [-0.1, -0.05) is 77.0 Å². The van der Waals surface area contributed by atoms with Crippen LogP contribution in [0.2, 0.25) is 0 Å². The smallest absolute Gasteiger partial charge is 0.339 e. The molecule has 0 unspecified atom stereocenters. The van der Waals surface area contributed by atoms with Gasteiger partial charge in [0.25, 0.3) is 0 Å². The molecule has 0 fully saturated rings. The zero-order valence-corrected chi connectivity index (χ0v) is 23.5. The first kappa shape index (κ1) is 28.1. The van der Waals surface area contributed by atoms with Crippen LogP contribution in [0.4, 0.5) is 11.4 Å². The topological polar surface area (TPSA) is 157 Å². The van der Waals surface area contributed by atoms with Crippen LogP contribution in [-0.2, 0) is 0 Å². The summed E-state index contributed by atoms with van der Waals surface area (Å²) >= 11 is 0. The fraction of sp³-hybridized carbons (Fsp3) is 0.125. The maximum Gasteiger partial charge on any atom is 0.339 e.